The van der Waals surface area contributed by atoms with Crippen molar-refractivity contribution in [2.45, 2.75) is 38.3 Å². The van der Waals surface area contributed by atoms with Gasteiger partial charge in [0.25, 0.3) is 5.91 Å². The lowest BCUT2D eigenvalue weighted by Gasteiger charge is -2.09. The van der Waals surface area contributed by atoms with E-state index in [9.17, 15) is 13.2 Å². The van der Waals surface area contributed by atoms with Crippen molar-refractivity contribution in [2.24, 2.45) is 0 Å². The molecule has 1 aromatic heterocycles. The lowest BCUT2D eigenvalue weighted by Crippen LogP contribution is -2.24. The van der Waals surface area contributed by atoms with Crippen LogP contribution in [-0.4, -0.2) is 25.4 Å². The molecule has 2 N–H and O–H groups in total. The first-order valence-corrected chi connectivity index (χ1v) is 9.39. The molecule has 7 heteroatoms. The number of nitrogens with one attached hydrogen (secondary N) is 2. The average molecular weight is 347 g/mol. The molecule has 24 heavy (non-hydrogen) atoms. The molecule has 0 saturated carbocycles. The lowest BCUT2D eigenvalue weighted by atomic mass is 10.1. The number of nitrogens with zero attached hydrogens (tertiary/aromatic N) is 1. The van der Waals surface area contributed by atoms with Gasteiger partial charge in [0.15, 0.2) is 0 Å². The van der Waals surface area contributed by atoms with Gasteiger partial charge in [0, 0.05) is 25.8 Å². The molecule has 0 bridgehead atoms. The largest absolute Gasteiger partial charge is 0.351 e. The Labute approximate surface area is 141 Å². The van der Waals surface area contributed by atoms with Gasteiger partial charge in [-0.1, -0.05) is 23.8 Å². The van der Waals surface area contributed by atoms with Crippen molar-refractivity contribution in [3.63, 3.8) is 0 Å². The Kier molecular flexibility index (Phi) is 4.47. The standard InChI is InChI=1S/C17H21N3O3S/c1-12-4-5-13(2)14(8-12)10-19-24(22,23)15-9-16-17(21)18-6-3-7-20(16)11-15/h4-5,8-9,11,19H,3,6-7,10H2,1-2H3,(H,18,21). The zero-order valence-corrected chi connectivity index (χ0v) is 14.6. The Morgan fingerprint density at radius 2 is 2.04 bits per heavy atom. The Morgan fingerprint density at radius 3 is 2.83 bits per heavy atom. The first-order chi connectivity index (χ1) is 11.4. The molecule has 0 fully saturated rings. The van der Waals surface area contributed by atoms with Crippen LogP contribution in [-0.2, 0) is 23.1 Å². The highest BCUT2D eigenvalue weighted by Gasteiger charge is 2.22. The zero-order valence-electron chi connectivity index (χ0n) is 13.8. The van der Waals surface area contributed by atoms with Crippen molar-refractivity contribution in [2.75, 3.05) is 6.54 Å². The van der Waals surface area contributed by atoms with Gasteiger partial charge < -0.3 is 9.88 Å². The van der Waals surface area contributed by atoms with Gasteiger partial charge in [0.05, 0.1) is 0 Å². The molecule has 0 atom stereocenters. The molecule has 1 aliphatic heterocycles. The monoisotopic (exact) mass is 347 g/mol. The van der Waals surface area contributed by atoms with Crippen molar-refractivity contribution < 1.29 is 13.2 Å². The van der Waals surface area contributed by atoms with Crippen LogP contribution in [0.4, 0.5) is 0 Å². The van der Waals surface area contributed by atoms with E-state index in [1.807, 2.05) is 32.0 Å². The van der Waals surface area contributed by atoms with Crippen LogP contribution in [0.3, 0.4) is 0 Å². The fourth-order valence-electron chi connectivity index (χ4n) is 2.79. The third kappa shape index (κ3) is 3.37. The summed E-state index contributed by atoms with van der Waals surface area (Å²) in [5.41, 5.74) is 3.45. The second-order valence-electron chi connectivity index (χ2n) is 6.12. The summed E-state index contributed by atoms with van der Waals surface area (Å²) in [4.78, 5) is 12.1. The first-order valence-electron chi connectivity index (χ1n) is 7.91. The number of fused-ring (bicyclic) bond motifs is 1. The van der Waals surface area contributed by atoms with E-state index < -0.39 is 10.0 Å². The second-order valence-corrected chi connectivity index (χ2v) is 7.89. The molecule has 0 spiro atoms. The number of aryl methyl sites for hydroxylation is 3. The van der Waals surface area contributed by atoms with Crippen molar-refractivity contribution in [3.05, 3.63) is 52.8 Å². The van der Waals surface area contributed by atoms with Crippen LogP contribution < -0.4 is 10.0 Å². The number of hydrogen-bond donors (Lipinski definition) is 2. The predicted octanol–water partition coefficient (Wildman–Crippen LogP) is 1.72. The van der Waals surface area contributed by atoms with E-state index in [2.05, 4.69) is 10.0 Å². The summed E-state index contributed by atoms with van der Waals surface area (Å²) in [5.74, 6) is -0.233. The maximum Gasteiger partial charge on any atom is 0.267 e. The van der Waals surface area contributed by atoms with Gasteiger partial charge in [0.1, 0.15) is 10.6 Å². The van der Waals surface area contributed by atoms with E-state index in [0.717, 1.165) is 23.1 Å². The maximum atomic E-state index is 12.6. The minimum absolute atomic E-state index is 0.125. The van der Waals surface area contributed by atoms with Crippen LogP contribution in [0.1, 0.15) is 33.6 Å². The van der Waals surface area contributed by atoms with Gasteiger partial charge in [-0.15, -0.1) is 0 Å². The highest BCUT2D eigenvalue weighted by Crippen LogP contribution is 2.18. The number of carbonyl (C=O) groups is 1. The molecule has 1 aromatic carbocycles. The number of rotatable bonds is 4. The van der Waals surface area contributed by atoms with Crippen LogP contribution in [0.25, 0.3) is 0 Å². The van der Waals surface area contributed by atoms with Crippen LogP contribution in [0.5, 0.6) is 0 Å². The summed E-state index contributed by atoms with van der Waals surface area (Å²) in [6.07, 6.45) is 2.31. The molecule has 0 unspecified atom stereocenters. The summed E-state index contributed by atoms with van der Waals surface area (Å²) >= 11 is 0. The van der Waals surface area contributed by atoms with Crippen molar-refractivity contribution in [1.29, 1.82) is 0 Å². The number of carbonyl (C=O) groups excluding carboxylic acids is 1. The van der Waals surface area contributed by atoms with E-state index in [1.165, 1.54) is 12.3 Å². The van der Waals surface area contributed by atoms with Gasteiger partial charge in [-0.05, 0) is 37.5 Å². The molecule has 6 nitrogen and oxygen atoms in total. The molecule has 3 rings (SSSR count). The smallest absolute Gasteiger partial charge is 0.267 e. The molecular formula is C17H21N3O3S. The Hall–Kier alpha value is -2.12. The highest BCUT2D eigenvalue weighted by atomic mass is 32.2. The molecule has 0 radical (unpaired) electrons. The van der Waals surface area contributed by atoms with Gasteiger partial charge in [-0.3, -0.25) is 4.79 Å². The van der Waals surface area contributed by atoms with Crippen LogP contribution in [0.15, 0.2) is 35.4 Å². The van der Waals surface area contributed by atoms with Crippen molar-refractivity contribution >= 4 is 15.9 Å². The molecule has 128 valence electrons. The van der Waals surface area contributed by atoms with Crippen LogP contribution in [0.2, 0.25) is 0 Å². The Balaban J connectivity index is 1.82. The van der Waals surface area contributed by atoms with Gasteiger partial charge in [-0.2, -0.15) is 0 Å². The van der Waals surface area contributed by atoms with Crippen LogP contribution >= 0.6 is 0 Å². The normalized spacial score (nSPS) is 14.8. The third-order valence-electron chi connectivity index (χ3n) is 4.23. The van der Waals surface area contributed by atoms with Crippen molar-refractivity contribution in [3.8, 4) is 0 Å². The summed E-state index contributed by atoms with van der Waals surface area (Å²) in [6.45, 7) is 5.38. The summed E-state index contributed by atoms with van der Waals surface area (Å²) in [6, 6.07) is 7.38. The quantitative estimate of drug-likeness (QED) is 0.884. The van der Waals surface area contributed by atoms with E-state index in [-0.39, 0.29) is 17.3 Å². The molecule has 0 aliphatic carbocycles. The molecule has 0 saturated heterocycles. The molecule has 1 amide bonds. The fourth-order valence-corrected chi connectivity index (χ4v) is 3.84. The number of sulfonamides is 1. The predicted molar refractivity (Wildman–Crippen MR) is 91.3 cm³/mol. The Morgan fingerprint density at radius 1 is 1.25 bits per heavy atom. The molecule has 1 aliphatic rings. The summed E-state index contributed by atoms with van der Waals surface area (Å²) < 4.78 is 29.4. The SMILES string of the molecule is Cc1ccc(C)c(CNS(=O)(=O)c2cc3n(c2)CCCNC3=O)c1. The van der Waals surface area contributed by atoms with Gasteiger partial charge >= 0.3 is 0 Å². The lowest BCUT2D eigenvalue weighted by molar-refractivity contribution is 0.0951. The van der Waals surface area contributed by atoms with E-state index in [4.69, 9.17) is 0 Å². The first kappa shape index (κ1) is 16.7. The van der Waals surface area contributed by atoms with Crippen molar-refractivity contribution in [1.82, 2.24) is 14.6 Å². The summed E-state index contributed by atoms with van der Waals surface area (Å²) in [7, 11) is -3.67. The average Bonchev–Trinajstić information content (AvgIpc) is 2.90. The van der Waals surface area contributed by atoms with E-state index in [0.29, 0.717) is 18.8 Å². The van der Waals surface area contributed by atoms with Gasteiger partial charge in [0.2, 0.25) is 10.0 Å². The molecule has 2 heterocycles. The van der Waals surface area contributed by atoms with Gasteiger partial charge in [-0.25, -0.2) is 13.1 Å². The topological polar surface area (TPSA) is 80.2 Å². The fraction of sp³-hybridized carbons (Fsp3) is 0.353. The minimum Gasteiger partial charge on any atom is -0.351 e. The zero-order chi connectivity index (χ0) is 17.3. The summed E-state index contributed by atoms with van der Waals surface area (Å²) in [5, 5.41) is 2.76. The maximum absolute atomic E-state index is 12.6. The molecule has 2 aromatic rings. The molecular weight excluding hydrogens is 326 g/mol. The number of amides is 1. The van der Waals surface area contributed by atoms with E-state index >= 15 is 0 Å². The number of aromatic nitrogens is 1. The Bertz CT molecular complexity index is 884. The highest BCUT2D eigenvalue weighted by molar-refractivity contribution is 7.89. The third-order valence-corrected chi connectivity index (χ3v) is 5.60. The number of hydrogen-bond acceptors (Lipinski definition) is 3. The minimum atomic E-state index is -3.67. The number of benzene rings is 1. The van der Waals surface area contributed by atoms with E-state index in [1.54, 1.807) is 4.57 Å². The second kappa shape index (κ2) is 6.41. The van der Waals surface area contributed by atoms with Crippen LogP contribution in [0, 0.1) is 13.8 Å².